The summed E-state index contributed by atoms with van der Waals surface area (Å²) in [7, 11) is 1.67. The molecular weight excluding hydrogens is 220 g/mol. The van der Waals surface area contributed by atoms with Gasteiger partial charge in [0.15, 0.2) is 0 Å². The van der Waals surface area contributed by atoms with Crippen LogP contribution in [0.3, 0.4) is 0 Å². The molecule has 0 aliphatic carbocycles. The fraction of sp³-hybridized carbons (Fsp3) is 0.455. The van der Waals surface area contributed by atoms with Gasteiger partial charge in [0.1, 0.15) is 11.5 Å². The number of aromatic nitrogens is 3. The van der Waals surface area contributed by atoms with Crippen molar-refractivity contribution < 1.29 is 9.26 Å². The molecule has 0 unspecified atom stereocenters. The standard InChI is InChI=1S/C11H16N4O2/c1-9-7-10(14-17-9)8-15-5-3-12-11(15)13-4-6-16-2/h3,5,7H,4,6,8H2,1-2H3,(H,12,13). The lowest BCUT2D eigenvalue weighted by atomic mass is 10.4. The van der Waals surface area contributed by atoms with Gasteiger partial charge in [0.25, 0.3) is 0 Å². The third kappa shape index (κ3) is 3.07. The summed E-state index contributed by atoms with van der Waals surface area (Å²) in [5.41, 5.74) is 0.885. The van der Waals surface area contributed by atoms with Crippen molar-refractivity contribution in [1.82, 2.24) is 14.7 Å². The minimum atomic E-state index is 0.645. The van der Waals surface area contributed by atoms with Gasteiger partial charge in [-0.2, -0.15) is 0 Å². The van der Waals surface area contributed by atoms with Crippen LogP contribution in [-0.4, -0.2) is 35.0 Å². The summed E-state index contributed by atoms with van der Waals surface area (Å²) in [5, 5.41) is 7.14. The monoisotopic (exact) mass is 236 g/mol. The molecule has 1 N–H and O–H groups in total. The van der Waals surface area contributed by atoms with E-state index >= 15 is 0 Å². The average molecular weight is 236 g/mol. The smallest absolute Gasteiger partial charge is 0.203 e. The van der Waals surface area contributed by atoms with Gasteiger partial charge in [-0.15, -0.1) is 0 Å². The average Bonchev–Trinajstić information content (AvgIpc) is 2.90. The molecule has 0 bridgehead atoms. The minimum absolute atomic E-state index is 0.645. The van der Waals surface area contributed by atoms with E-state index in [4.69, 9.17) is 9.26 Å². The fourth-order valence-corrected chi connectivity index (χ4v) is 1.54. The van der Waals surface area contributed by atoms with Gasteiger partial charge in [0.2, 0.25) is 5.95 Å². The number of hydrogen-bond donors (Lipinski definition) is 1. The number of imidazole rings is 1. The number of ether oxygens (including phenoxy) is 1. The molecule has 0 aliphatic rings. The molecule has 17 heavy (non-hydrogen) atoms. The van der Waals surface area contributed by atoms with E-state index in [1.807, 2.05) is 23.8 Å². The van der Waals surface area contributed by atoms with Gasteiger partial charge in [0, 0.05) is 32.1 Å². The number of methoxy groups -OCH3 is 1. The van der Waals surface area contributed by atoms with Crippen LogP contribution in [-0.2, 0) is 11.3 Å². The van der Waals surface area contributed by atoms with Crippen molar-refractivity contribution in [3.8, 4) is 0 Å². The summed E-state index contributed by atoms with van der Waals surface area (Å²) in [6, 6.07) is 1.92. The Morgan fingerprint density at radius 1 is 1.53 bits per heavy atom. The molecule has 2 aromatic rings. The lowest BCUT2D eigenvalue weighted by Crippen LogP contribution is -2.12. The Hall–Kier alpha value is -1.82. The van der Waals surface area contributed by atoms with Gasteiger partial charge >= 0.3 is 0 Å². The van der Waals surface area contributed by atoms with Crippen molar-refractivity contribution in [2.45, 2.75) is 13.5 Å². The van der Waals surface area contributed by atoms with E-state index in [1.165, 1.54) is 0 Å². The lowest BCUT2D eigenvalue weighted by Gasteiger charge is -2.07. The van der Waals surface area contributed by atoms with Gasteiger partial charge in [0.05, 0.1) is 13.2 Å². The van der Waals surface area contributed by atoms with Crippen LogP contribution in [0.15, 0.2) is 23.0 Å². The molecule has 6 nitrogen and oxygen atoms in total. The maximum absolute atomic E-state index is 5.03. The van der Waals surface area contributed by atoms with E-state index < -0.39 is 0 Å². The molecule has 92 valence electrons. The molecule has 0 amide bonds. The normalized spacial score (nSPS) is 10.7. The minimum Gasteiger partial charge on any atom is -0.383 e. The number of nitrogens with zero attached hydrogens (tertiary/aromatic N) is 3. The van der Waals surface area contributed by atoms with Crippen molar-refractivity contribution in [2.75, 3.05) is 25.6 Å². The molecule has 0 atom stereocenters. The van der Waals surface area contributed by atoms with Crippen LogP contribution < -0.4 is 5.32 Å². The quantitative estimate of drug-likeness (QED) is 0.765. The zero-order valence-electron chi connectivity index (χ0n) is 10.0. The van der Waals surface area contributed by atoms with E-state index in [0.717, 1.165) is 23.9 Å². The molecule has 0 radical (unpaired) electrons. The van der Waals surface area contributed by atoms with Gasteiger partial charge in [-0.1, -0.05) is 5.16 Å². The van der Waals surface area contributed by atoms with Gasteiger partial charge in [-0.25, -0.2) is 4.98 Å². The van der Waals surface area contributed by atoms with Gasteiger partial charge < -0.3 is 19.1 Å². The number of rotatable bonds is 6. The third-order valence-corrected chi connectivity index (χ3v) is 2.31. The molecule has 0 aromatic carbocycles. The zero-order chi connectivity index (χ0) is 12.1. The second-order valence-corrected chi connectivity index (χ2v) is 3.73. The van der Waals surface area contributed by atoms with E-state index in [0.29, 0.717) is 13.2 Å². The molecule has 0 spiro atoms. The predicted molar refractivity (Wildman–Crippen MR) is 62.9 cm³/mol. The summed E-state index contributed by atoms with van der Waals surface area (Å²) < 4.78 is 12.0. The Balaban J connectivity index is 1.98. The number of anilines is 1. The van der Waals surface area contributed by atoms with Crippen LogP contribution in [0.1, 0.15) is 11.5 Å². The highest BCUT2D eigenvalue weighted by molar-refractivity contribution is 5.26. The topological polar surface area (TPSA) is 65.1 Å². The molecule has 0 saturated heterocycles. The summed E-state index contributed by atoms with van der Waals surface area (Å²) >= 11 is 0. The Morgan fingerprint density at radius 3 is 3.12 bits per heavy atom. The summed E-state index contributed by atoms with van der Waals surface area (Å²) in [6.45, 7) is 3.90. The summed E-state index contributed by atoms with van der Waals surface area (Å²) in [6.07, 6.45) is 3.65. The Labute approximate surface area is 99.6 Å². The molecule has 2 rings (SSSR count). The maximum Gasteiger partial charge on any atom is 0.203 e. The first kappa shape index (κ1) is 11.7. The second kappa shape index (κ2) is 5.49. The van der Waals surface area contributed by atoms with Crippen molar-refractivity contribution in [3.63, 3.8) is 0 Å². The van der Waals surface area contributed by atoms with Crippen molar-refractivity contribution in [3.05, 3.63) is 29.9 Å². The van der Waals surface area contributed by atoms with Gasteiger partial charge in [-0.3, -0.25) is 0 Å². The Bertz CT molecular complexity index is 463. The van der Waals surface area contributed by atoms with E-state index in [9.17, 15) is 0 Å². The molecule has 0 fully saturated rings. The molecule has 6 heteroatoms. The van der Waals surface area contributed by atoms with Crippen LogP contribution in [0.2, 0.25) is 0 Å². The SMILES string of the molecule is COCCNc1nccn1Cc1cc(C)on1. The summed E-state index contributed by atoms with van der Waals surface area (Å²) in [4.78, 5) is 4.23. The zero-order valence-corrected chi connectivity index (χ0v) is 10.0. The van der Waals surface area contributed by atoms with Crippen LogP contribution in [0.4, 0.5) is 5.95 Å². The number of hydrogen-bond acceptors (Lipinski definition) is 5. The number of nitrogens with one attached hydrogen (secondary N) is 1. The van der Waals surface area contributed by atoms with Crippen LogP contribution in [0, 0.1) is 6.92 Å². The molecule has 2 heterocycles. The number of aryl methyl sites for hydroxylation is 1. The second-order valence-electron chi connectivity index (χ2n) is 3.73. The van der Waals surface area contributed by atoms with Crippen LogP contribution >= 0.6 is 0 Å². The molecule has 0 aliphatic heterocycles. The van der Waals surface area contributed by atoms with Crippen LogP contribution in [0.5, 0.6) is 0 Å². The Morgan fingerprint density at radius 2 is 2.41 bits per heavy atom. The van der Waals surface area contributed by atoms with Crippen molar-refractivity contribution >= 4 is 5.95 Å². The third-order valence-electron chi connectivity index (χ3n) is 2.31. The predicted octanol–water partition coefficient (Wildman–Crippen LogP) is 1.29. The molecule has 2 aromatic heterocycles. The highest BCUT2D eigenvalue weighted by Crippen LogP contribution is 2.09. The maximum atomic E-state index is 5.03. The first-order chi connectivity index (χ1) is 8.29. The van der Waals surface area contributed by atoms with E-state index in [1.54, 1.807) is 13.3 Å². The molecular formula is C11H16N4O2. The fourth-order valence-electron chi connectivity index (χ4n) is 1.54. The lowest BCUT2D eigenvalue weighted by molar-refractivity contribution is 0.210. The first-order valence-electron chi connectivity index (χ1n) is 5.45. The van der Waals surface area contributed by atoms with Crippen molar-refractivity contribution in [2.24, 2.45) is 0 Å². The molecule has 0 saturated carbocycles. The van der Waals surface area contributed by atoms with Crippen molar-refractivity contribution in [1.29, 1.82) is 0 Å². The Kier molecular flexibility index (Phi) is 3.77. The first-order valence-corrected chi connectivity index (χ1v) is 5.45. The van der Waals surface area contributed by atoms with E-state index in [-0.39, 0.29) is 0 Å². The summed E-state index contributed by atoms with van der Waals surface area (Å²) in [5.74, 6) is 1.62. The van der Waals surface area contributed by atoms with Gasteiger partial charge in [-0.05, 0) is 6.92 Å². The largest absolute Gasteiger partial charge is 0.383 e. The highest BCUT2D eigenvalue weighted by Gasteiger charge is 2.05. The van der Waals surface area contributed by atoms with E-state index in [2.05, 4.69) is 15.5 Å². The van der Waals surface area contributed by atoms with Crippen LogP contribution in [0.25, 0.3) is 0 Å². The highest BCUT2D eigenvalue weighted by atomic mass is 16.5.